The molecule has 4 heterocycles. The summed E-state index contributed by atoms with van der Waals surface area (Å²) in [6, 6.07) is 50.0. The SMILES string of the molecule is c1ccc2c(c1)ccc1nc(-n3c4ccc5cccc6c5c4c4c5c(ccc43)sc3cccc-6c35)c(-c3cccc4oc5ccccc5c34)nc12. The fourth-order valence-electron chi connectivity index (χ4n) is 9.04. The molecule has 0 fully saturated rings. The topological polar surface area (TPSA) is 43.9 Å². The van der Waals surface area contributed by atoms with E-state index in [1.165, 1.54) is 52.8 Å². The van der Waals surface area contributed by atoms with Gasteiger partial charge in [0.2, 0.25) is 0 Å². The standard InChI is InChI=1S/C46H23N3OS/c1-2-10-26-24(8-1)18-20-31-44(26)48-45(30-14-6-16-35-39(30)29-11-3-4-15-34(29)50-35)46(47-31)49-32-21-19-25-9-5-12-27-28-13-7-17-36-40(28)43-37(51-36)23-22-33(49)42(43)41(32)38(25)27/h1-23H. The van der Waals surface area contributed by atoms with Crippen LogP contribution in [0.25, 0.3) is 125 Å². The van der Waals surface area contributed by atoms with Gasteiger partial charge in [-0.15, -0.1) is 11.3 Å². The molecule has 0 atom stereocenters. The molecule has 0 saturated heterocycles. The lowest BCUT2D eigenvalue weighted by Crippen LogP contribution is -2.04. The van der Waals surface area contributed by atoms with Crippen LogP contribution in [0.3, 0.4) is 0 Å². The number of rotatable bonds is 2. The molecular formula is C46H23N3OS. The molecule has 5 heteroatoms. The molecule has 0 aliphatic heterocycles. The second-order valence-corrected chi connectivity index (χ2v) is 14.7. The zero-order valence-corrected chi connectivity index (χ0v) is 27.8. The van der Waals surface area contributed by atoms with E-state index in [0.717, 1.165) is 71.9 Å². The van der Waals surface area contributed by atoms with Crippen LogP contribution < -0.4 is 0 Å². The highest BCUT2D eigenvalue weighted by Gasteiger charge is 2.28. The largest absolute Gasteiger partial charge is 0.456 e. The summed E-state index contributed by atoms with van der Waals surface area (Å²) in [5.41, 5.74) is 10.1. The van der Waals surface area contributed by atoms with E-state index < -0.39 is 0 Å². The Morgan fingerprint density at radius 1 is 0.451 bits per heavy atom. The lowest BCUT2D eigenvalue weighted by molar-refractivity contribution is 0.669. The fourth-order valence-corrected chi connectivity index (χ4v) is 10.2. The summed E-state index contributed by atoms with van der Waals surface area (Å²) >= 11 is 1.88. The highest BCUT2D eigenvalue weighted by atomic mass is 32.1. The van der Waals surface area contributed by atoms with Crippen LogP contribution in [0.4, 0.5) is 0 Å². The molecule has 0 saturated carbocycles. The van der Waals surface area contributed by atoms with Crippen molar-refractivity contribution < 1.29 is 4.42 Å². The van der Waals surface area contributed by atoms with Crippen LogP contribution in [0.2, 0.25) is 0 Å². The Labute approximate surface area is 293 Å². The summed E-state index contributed by atoms with van der Waals surface area (Å²) < 4.78 is 11.4. The maximum Gasteiger partial charge on any atom is 0.165 e. The number of thiophene rings is 1. The van der Waals surface area contributed by atoms with E-state index in [1.807, 2.05) is 23.5 Å². The monoisotopic (exact) mass is 665 g/mol. The van der Waals surface area contributed by atoms with Gasteiger partial charge < -0.3 is 4.42 Å². The number of hydrogen-bond acceptors (Lipinski definition) is 4. The van der Waals surface area contributed by atoms with Crippen molar-refractivity contribution in [2.45, 2.75) is 0 Å². The third-order valence-electron chi connectivity index (χ3n) is 11.1. The number of fused-ring (bicyclic) bond motifs is 7. The molecule has 51 heavy (non-hydrogen) atoms. The molecule has 0 radical (unpaired) electrons. The van der Waals surface area contributed by atoms with Crippen LogP contribution >= 0.6 is 11.3 Å². The van der Waals surface area contributed by atoms with Crippen molar-refractivity contribution >= 4 is 108 Å². The molecule has 8 aromatic carbocycles. The van der Waals surface area contributed by atoms with Gasteiger partial charge in [0, 0.05) is 52.7 Å². The van der Waals surface area contributed by atoms with E-state index in [4.69, 9.17) is 14.4 Å². The minimum Gasteiger partial charge on any atom is -0.456 e. The number of furan rings is 1. The number of para-hydroxylation sites is 1. The van der Waals surface area contributed by atoms with Gasteiger partial charge >= 0.3 is 0 Å². The van der Waals surface area contributed by atoms with Gasteiger partial charge in [-0.2, -0.15) is 0 Å². The maximum atomic E-state index is 6.42. The minimum atomic E-state index is 0.812. The Morgan fingerprint density at radius 2 is 1.14 bits per heavy atom. The third kappa shape index (κ3) is 3.21. The summed E-state index contributed by atoms with van der Waals surface area (Å²) in [6.07, 6.45) is 0. The van der Waals surface area contributed by atoms with Crippen LogP contribution in [0.1, 0.15) is 0 Å². The Morgan fingerprint density at radius 3 is 2.08 bits per heavy atom. The molecule has 4 aromatic heterocycles. The van der Waals surface area contributed by atoms with E-state index >= 15 is 0 Å². The first kappa shape index (κ1) is 26.3. The van der Waals surface area contributed by atoms with Crippen molar-refractivity contribution in [2.75, 3.05) is 0 Å². The molecule has 234 valence electrons. The first-order valence-corrected chi connectivity index (χ1v) is 18.1. The summed E-state index contributed by atoms with van der Waals surface area (Å²) in [4.78, 5) is 11.2. The smallest absolute Gasteiger partial charge is 0.165 e. The molecule has 12 aromatic rings. The highest BCUT2D eigenvalue weighted by molar-refractivity contribution is 7.26. The predicted molar refractivity (Wildman–Crippen MR) is 213 cm³/mol. The van der Waals surface area contributed by atoms with Crippen molar-refractivity contribution in [2.24, 2.45) is 0 Å². The zero-order chi connectivity index (χ0) is 32.9. The van der Waals surface area contributed by atoms with Crippen LogP contribution in [0.15, 0.2) is 144 Å². The maximum absolute atomic E-state index is 6.42. The molecule has 0 bridgehead atoms. The van der Waals surface area contributed by atoms with E-state index in [0.29, 0.717) is 0 Å². The first-order chi connectivity index (χ1) is 25.3. The molecule has 4 nitrogen and oxygen atoms in total. The molecule has 0 N–H and O–H groups in total. The van der Waals surface area contributed by atoms with Gasteiger partial charge in [0.25, 0.3) is 0 Å². The zero-order valence-electron chi connectivity index (χ0n) is 26.9. The Balaban J connectivity index is 1.28. The number of hydrogen-bond donors (Lipinski definition) is 0. The van der Waals surface area contributed by atoms with Gasteiger partial charge in [-0.05, 0) is 69.8 Å². The molecule has 13 rings (SSSR count). The van der Waals surface area contributed by atoms with E-state index in [-0.39, 0.29) is 0 Å². The van der Waals surface area contributed by atoms with Crippen LogP contribution in [0.5, 0.6) is 0 Å². The van der Waals surface area contributed by atoms with Crippen molar-refractivity contribution in [1.29, 1.82) is 0 Å². The summed E-state index contributed by atoms with van der Waals surface area (Å²) in [7, 11) is 0. The first-order valence-electron chi connectivity index (χ1n) is 17.3. The lowest BCUT2D eigenvalue weighted by atomic mass is 9.95. The van der Waals surface area contributed by atoms with Gasteiger partial charge in [0.1, 0.15) is 16.9 Å². The normalized spacial score (nSPS) is 12.7. The third-order valence-corrected chi connectivity index (χ3v) is 12.2. The average molecular weight is 666 g/mol. The fraction of sp³-hybridized carbons (Fsp3) is 0. The van der Waals surface area contributed by atoms with Crippen molar-refractivity contribution in [3.8, 4) is 28.2 Å². The highest BCUT2D eigenvalue weighted by Crippen LogP contribution is 2.52. The Hall–Kier alpha value is -6.56. The van der Waals surface area contributed by atoms with Gasteiger partial charge in [0.05, 0.1) is 22.1 Å². The molecular weight excluding hydrogens is 643 g/mol. The van der Waals surface area contributed by atoms with Crippen LogP contribution in [-0.4, -0.2) is 14.5 Å². The second-order valence-electron chi connectivity index (χ2n) is 13.6. The molecule has 0 amide bonds. The minimum absolute atomic E-state index is 0.812. The molecule has 0 spiro atoms. The van der Waals surface area contributed by atoms with Gasteiger partial charge in [-0.1, -0.05) is 97.1 Å². The van der Waals surface area contributed by atoms with E-state index in [9.17, 15) is 0 Å². The van der Waals surface area contributed by atoms with E-state index in [1.54, 1.807) is 0 Å². The lowest BCUT2D eigenvalue weighted by Gasteiger charge is -2.16. The number of nitrogens with zero attached hydrogens (tertiary/aromatic N) is 3. The second kappa shape index (κ2) is 9.16. The van der Waals surface area contributed by atoms with Gasteiger partial charge in [0.15, 0.2) is 5.82 Å². The summed E-state index contributed by atoms with van der Waals surface area (Å²) in [6.45, 7) is 0. The van der Waals surface area contributed by atoms with Crippen molar-refractivity contribution in [1.82, 2.24) is 14.5 Å². The van der Waals surface area contributed by atoms with Crippen molar-refractivity contribution in [3.63, 3.8) is 0 Å². The van der Waals surface area contributed by atoms with Crippen molar-refractivity contribution in [3.05, 3.63) is 140 Å². The molecule has 1 aliphatic rings. The number of benzene rings is 8. The molecule has 0 unspecified atom stereocenters. The Kier molecular flexibility index (Phi) is 4.73. The van der Waals surface area contributed by atoms with E-state index in [2.05, 4.69) is 132 Å². The quantitative estimate of drug-likeness (QED) is 0.173. The number of aromatic nitrogens is 3. The predicted octanol–water partition coefficient (Wildman–Crippen LogP) is 12.9. The van der Waals surface area contributed by atoms with Gasteiger partial charge in [-0.25, -0.2) is 9.97 Å². The Bertz CT molecular complexity index is 3550. The van der Waals surface area contributed by atoms with Gasteiger partial charge in [-0.3, -0.25) is 4.57 Å². The van der Waals surface area contributed by atoms with Crippen LogP contribution in [0, 0.1) is 0 Å². The summed E-state index contributed by atoms with van der Waals surface area (Å²) in [5, 5.41) is 12.1. The molecule has 1 aliphatic carbocycles. The average Bonchev–Trinajstić information content (AvgIpc) is 3.83. The van der Waals surface area contributed by atoms with Crippen LogP contribution in [-0.2, 0) is 0 Å². The summed E-state index contributed by atoms with van der Waals surface area (Å²) in [5.74, 6) is 0.812.